The van der Waals surface area contributed by atoms with Crippen LogP contribution >= 0.6 is 15.9 Å². The quantitative estimate of drug-likeness (QED) is 0.818. The van der Waals surface area contributed by atoms with E-state index in [-0.39, 0.29) is 23.5 Å². The third kappa shape index (κ3) is 2.92. The monoisotopic (exact) mass is 346 g/mol. The topological polar surface area (TPSA) is 80.5 Å². The van der Waals surface area contributed by atoms with Crippen LogP contribution in [-0.2, 0) is 9.84 Å². The van der Waals surface area contributed by atoms with Crippen LogP contribution in [0.4, 0.5) is 5.69 Å². The van der Waals surface area contributed by atoms with Gasteiger partial charge < -0.3 is 10.6 Å². The molecule has 1 unspecified atom stereocenters. The van der Waals surface area contributed by atoms with Gasteiger partial charge in [-0.2, -0.15) is 0 Å². The zero-order valence-electron chi connectivity index (χ0n) is 10.5. The smallest absolute Gasteiger partial charge is 0.255 e. The maximum Gasteiger partial charge on any atom is 0.255 e. The van der Waals surface area contributed by atoms with Crippen molar-refractivity contribution in [1.82, 2.24) is 4.90 Å². The van der Waals surface area contributed by atoms with Crippen molar-refractivity contribution in [3.63, 3.8) is 0 Å². The molecular weight excluding hydrogens is 332 g/mol. The summed E-state index contributed by atoms with van der Waals surface area (Å²) in [6.45, 7) is 0. The minimum Gasteiger partial charge on any atom is -0.398 e. The van der Waals surface area contributed by atoms with Gasteiger partial charge in [0.1, 0.15) is 0 Å². The molecule has 1 aliphatic heterocycles. The standard InChI is InChI=1S/C12H15BrN2O3S/c1-15(8-5-6-19(17,18)7-8)12(16)9-3-2-4-10(14)11(9)13/h2-4,8H,5-7,14H2,1H3. The van der Waals surface area contributed by atoms with Crippen molar-refractivity contribution in [3.05, 3.63) is 28.2 Å². The highest BCUT2D eigenvalue weighted by molar-refractivity contribution is 9.10. The number of sulfone groups is 1. The summed E-state index contributed by atoms with van der Waals surface area (Å²) in [5.74, 6) is -0.0379. The number of benzene rings is 1. The number of nitrogens with zero attached hydrogens (tertiary/aromatic N) is 1. The van der Waals surface area contributed by atoms with Gasteiger partial charge in [0.05, 0.1) is 21.5 Å². The molecule has 1 atom stereocenters. The highest BCUT2D eigenvalue weighted by atomic mass is 79.9. The molecule has 0 aromatic heterocycles. The Morgan fingerprint density at radius 3 is 2.74 bits per heavy atom. The number of nitrogens with two attached hydrogens (primary N) is 1. The summed E-state index contributed by atoms with van der Waals surface area (Å²) < 4.78 is 23.5. The van der Waals surface area contributed by atoms with Gasteiger partial charge in [-0.15, -0.1) is 0 Å². The van der Waals surface area contributed by atoms with Crippen LogP contribution in [0.3, 0.4) is 0 Å². The number of halogens is 1. The van der Waals surface area contributed by atoms with Crippen LogP contribution in [0.1, 0.15) is 16.8 Å². The van der Waals surface area contributed by atoms with E-state index in [0.29, 0.717) is 22.1 Å². The molecular formula is C12H15BrN2O3S. The van der Waals surface area contributed by atoms with Crippen LogP contribution in [-0.4, -0.2) is 43.8 Å². The lowest BCUT2D eigenvalue weighted by atomic mass is 10.1. The summed E-state index contributed by atoms with van der Waals surface area (Å²) in [5.41, 5.74) is 6.68. The summed E-state index contributed by atoms with van der Waals surface area (Å²) in [5, 5.41) is 0. The molecule has 1 heterocycles. The molecule has 2 rings (SSSR count). The van der Waals surface area contributed by atoms with Crippen LogP contribution in [0.5, 0.6) is 0 Å². The van der Waals surface area contributed by atoms with Crippen molar-refractivity contribution in [2.75, 3.05) is 24.3 Å². The van der Waals surface area contributed by atoms with E-state index >= 15 is 0 Å². The SMILES string of the molecule is CN(C(=O)c1cccc(N)c1Br)C1CCS(=O)(=O)C1. The Hall–Kier alpha value is -1.08. The molecule has 1 aromatic carbocycles. The molecule has 0 radical (unpaired) electrons. The second kappa shape index (κ2) is 5.13. The zero-order chi connectivity index (χ0) is 14.2. The molecule has 1 aromatic rings. The number of anilines is 1. The Kier molecular flexibility index (Phi) is 3.87. The number of rotatable bonds is 2. The lowest BCUT2D eigenvalue weighted by Crippen LogP contribution is -2.38. The average molecular weight is 347 g/mol. The van der Waals surface area contributed by atoms with E-state index in [1.165, 1.54) is 4.90 Å². The molecule has 0 saturated carbocycles. The molecule has 0 aliphatic carbocycles. The second-order valence-electron chi connectivity index (χ2n) is 4.68. The molecule has 1 amide bonds. The molecule has 1 fully saturated rings. The minimum absolute atomic E-state index is 0.0369. The Morgan fingerprint density at radius 2 is 2.16 bits per heavy atom. The Labute approximate surface area is 120 Å². The van der Waals surface area contributed by atoms with Crippen molar-refractivity contribution in [1.29, 1.82) is 0 Å². The average Bonchev–Trinajstić information content (AvgIpc) is 2.71. The predicted octanol–water partition coefficient (Wildman–Crippen LogP) is 1.29. The normalized spacial score (nSPS) is 21.3. The van der Waals surface area contributed by atoms with Crippen LogP contribution < -0.4 is 5.73 Å². The first-order chi connectivity index (χ1) is 8.82. The molecule has 104 valence electrons. The van der Waals surface area contributed by atoms with E-state index in [4.69, 9.17) is 5.73 Å². The lowest BCUT2D eigenvalue weighted by Gasteiger charge is -2.24. The largest absolute Gasteiger partial charge is 0.398 e. The molecule has 7 heteroatoms. The highest BCUT2D eigenvalue weighted by Crippen LogP contribution is 2.26. The van der Waals surface area contributed by atoms with E-state index in [1.54, 1.807) is 25.2 Å². The lowest BCUT2D eigenvalue weighted by molar-refractivity contribution is 0.0747. The minimum atomic E-state index is -3.00. The Morgan fingerprint density at radius 1 is 1.47 bits per heavy atom. The van der Waals surface area contributed by atoms with E-state index < -0.39 is 9.84 Å². The molecule has 0 bridgehead atoms. The Balaban J connectivity index is 2.23. The van der Waals surface area contributed by atoms with Crippen LogP contribution in [0, 0.1) is 0 Å². The highest BCUT2D eigenvalue weighted by Gasteiger charge is 2.33. The number of carbonyl (C=O) groups is 1. The fourth-order valence-electron chi connectivity index (χ4n) is 2.15. The van der Waals surface area contributed by atoms with Gasteiger partial charge in [0.15, 0.2) is 9.84 Å². The third-order valence-electron chi connectivity index (χ3n) is 3.34. The van der Waals surface area contributed by atoms with Gasteiger partial charge >= 0.3 is 0 Å². The fraction of sp³-hybridized carbons (Fsp3) is 0.417. The Bertz CT molecular complexity index is 615. The van der Waals surface area contributed by atoms with Crippen molar-refractivity contribution in [2.24, 2.45) is 0 Å². The van der Waals surface area contributed by atoms with Gasteiger partial charge in [-0.3, -0.25) is 4.79 Å². The maximum atomic E-state index is 12.4. The van der Waals surface area contributed by atoms with E-state index in [2.05, 4.69) is 15.9 Å². The van der Waals surface area contributed by atoms with Gasteiger partial charge in [0, 0.05) is 18.8 Å². The van der Waals surface area contributed by atoms with Crippen LogP contribution in [0.25, 0.3) is 0 Å². The van der Waals surface area contributed by atoms with Crippen LogP contribution in [0.15, 0.2) is 22.7 Å². The first-order valence-electron chi connectivity index (χ1n) is 5.83. The summed E-state index contributed by atoms with van der Waals surface area (Å²) in [4.78, 5) is 13.9. The number of carbonyl (C=O) groups excluding carboxylic acids is 1. The van der Waals surface area contributed by atoms with Crippen molar-refractivity contribution < 1.29 is 13.2 Å². The van der Waals surface area contributed by atoms with Gasteiger partial charge in [-0.1, -0.05) is 6.07 Å². The number of amides is 1. The maximum absolute atomic E-state index is 12.4. The third-order valence-corrected chi connectivity index (χ3v) is 5.97. The molecule has 5 nitrogen and oxygen atoms in total. The first kappa shape index (κ1) is 14.3. The van der Waals surface area contributed by atoms with Crippen molar-refractivity contribution in [2.45, 2.75) is 12.5 Å². The molecule has 2 N–H and O–H groups in total. The van der Waals surface area contributed by atoms with Gasteiger partial charge in [0.2, 0.25) is 0 Å². The zero-order valence-corrected chi connectivity index (χ0v) is 12.9. The van der Waals surface area contributed by atoms with E-state index in [1.807, 2.05) is 0 Å². The number of hydrogen-bond acceptors (Lipinski definition) is 4. The van der Waals surface area contributed by atoms with Crippen LogP contribution in [0.2, 0.25) is 0 Å². The van der Waals surface area contributed by atoms with Gasteiger partial charge in [-0.25, -0.2) is 8.42 Å². The van der Waals surface area contributed by atoms with E-state index in [0.717, 1.165) is 0 Å². The summed E-state index contributed by atoms with van der Waals surface area (Å²) in [7, 11) is -1.38. The second-order valence-corrected chi connectivity index (χ2v) is 7.70. The van der Waals surface area contributed by atoms with E-state index in [9.17, 15) is 13.2 Å². The molecule has 1 aliphatic rings. The summed E-state index contributed by atoms with van der Waals surface area (Å²) in [6.07, 6.45) is 0.491. The molecule has 1 saturated heterocycles. The molecule has 19 heavy (non-hydrogen) atoms. The van der Waals surface area contributed by atoms with Gasteiger partial charge in [-0.05, 0) is 34.5 Å². The fourth-order valence-corrected chi connectivity index (χ4v) is 4.36. The number of hydrogen-bond donors (Lipinski definition) is 1. The summed E-state index contributed by atoms with van der Waals surface area (Å²) >= 11 is 3.29. The van der Waals surface area contributed by atoms with Gasteiger partial charge in [0.25, 0.3) is 5.91 Å². The van der Waals surface area contributed by atoms with Crippen molar-refractivity contribution in [3.8, 4) is 0 Å². The predicted molar refractivity (Wildman–Crippen MR) is 77.7 cm³/mol. The molecule has 0 spiro atoms. The first-order valence-corrected chi connectivity index (χ1v) is 8.45. The van der Waals surface area contributed by atoms with Crippen molar-refractivity contribution >= 4 is 37.4 Å². The number of nitrogen functional groups attached to an aromatic ring is 1. The summed E-state index contributed by atoms with van der Waals surface area (Å²) in [6, 6.07) is 4.81.